The summed E-state index contributed by atoms with van der Waals surface area (Å²) in [5, 5.41) is 5.07. The van der Waals surface area contributed by atoms with Gasteiger partial charge in [0.05, 0.1) is 17.8 Å². The molecule has 3 heterocycles. The Labute approximate surface area is 125 Å². The third kappa shape index (κ3) is 2.67. The first-order valence-electron chi connectivity index (χ1n) is 6.70. The number of thiophene rings is 1. The Hall–Kier alpha value is -2.19. The number of nitrogens with zero attached hydrogens (tertiary/aromatic N) is 4. The van der Waals surface area contributed by atoms with Gasteiger partial charge in [-0.05, 0) is 19.4 Å². The topological polar surface area (TPSA) is 90.9 Å². The molecule has 0 spiro atoms. The van der Waals surface area contributed by atoms with E-state index in [2.05, 4.69) is 33.5 Å². The molecule has 0 saturated heterocycles. The summed E-state index contributed by atoms with van der Waals surface area (Å²) in [6, 6.07) is 2.06. The molecule has 0 aliphatic carbocycles. The first kappa shape index (κ1) is 13.8. The van der Waals surface area contributed by atoms with Gasteiger partial charge in [-0.2, -0.15) is 10.1 Å². The lowest BCUT2D eigenvalue weighted by Gasteiger charge is -2.05. The van der Waals surface area contributed by atoms with Crippen LogP contribution in [0.5, 0.6) is 11.6 Å². The Morgan fingerprint density at radius 1 is 1.38 bits per heavy atom. The van der Waals surface area contributed by atoms with Crippen LogP contribution < -0.4 is 16.0 Å². The lowest BCUT2D eigenvalue weighted by atomic mass is 10.3. The van der Waals surface area contributed by atoms with E-state index in [1.807, 2.05) is 13.1 Å². The highest BCUT2D eigenvalue weighted by Crippen LogP contribution is 2.33. The Kier molecular flexibility index (Phi) is 3.72. The molecule has 3 aromatic heterocycles. The van der Waals surface area contributed by atoms with Crippen molar-refractivity contribution in [2.24, 2.45) is 5.84 Å². The average molecular weight is 304 g/mol. The number of nitrogens with one attached hydrogen (secondary N) is 1. The van der Waals surface area contributed by atoms with Crippen molar-refractivity contribution in [1.82, 2.24) is 19.7 Å². The fraction of sp³-hybridized carbons (Fsp3) is 0.308. The molecule has 0 amide bonds. The second-order valence-corrected chi connectivity index (χ2v) is 5.53. The molecule has 0 unspecified atom stereocenters. The maximum atomic E-state index is 5.85. The maximum absolute atomic E-state index is 5.85. The van der Waals surface area contributed by atoms with Crippen LogP contribution in [0.15, 0.2) is 18.5 Å². The van der Waals surface area contributed by atoms with E-state index >= 15 is 0 Å². The van der Waals surface area contributed by atoms with Crippen LogP contribution in [0.3, 0.4) is 0 Å². The van der Waals surface area contributed by atoms with Gasteiger partial charge in [-0.25, -0.2) is 10.8 Å². The Morgan fingerprint density at radius 2 is 2.24 bits per heavy atom. The minimum atomic E-state index is 0.338. The summed E-state index contributed by atoms with van der Waals surface area (Å²) in [6.07, 6.45) is 4.44. The predicted octanol–water partition coefficient (Wildman–Crippen LogP) is 2.55. The van der Waals surface area contributed by atoms with Crippen LogP contribution in [-0.4, -0.2) is 19.7 Å². The number of nitrogens with two attached hydrogens (primary N) is 1. The summed E-state index contributed by atoms with van der Waals surface area (Å²) in [7, 11) is 0. The van der Waals surface area contributed by atoms with Gasteiger partial charge in [0.25, 0.3) is 0 Å². The van der Waals surface area contributed by atoms with E-state index in [4.69, 9.17) is 10.6 Å². The van der Waals surface area contributed by atoms with Gasteiger partial charge < -0.3 is 4.74 Å². The van der Waals surface area contributed by atoms with E-state index in [0.29, 0.717) is 17.6 Å². The van der Waals surface area contributed by atoms with Gasteiger partial charge >= 0.3 is 0 Å². The molecule has 0 aliphatic heterocycles. The first-order chi connectivity index (χ1) is 10.2. The van der Waals surface area contributed by atoms with E-state index < -0.39 is 0 Å². The quantitative estimate of drug-likeness (QED) is 0.556. The van der Waals surface area contributed by atoms with Crippen LogP contribution >= 0.6 is 11.3 Å². The van der Waals surface area contributed by atoms with Gasteiger partial charge in [0.1, 0.15) is 4.83 Å². The van der Waals surface area contributed by atoms with Gasteiger partial charge in [0.2, 0.25) is 11.8 Å². The number of hydrazine groups is 1. The van der Waals surface area contributed by atoms with Crippen molar-refractivity contribution in [1.29, 1.82) is 0 Å². The minimum Gasteiger partial charge on any atom is -0.435 e. The zero-order chi connectivity index (χ0) is 14.8. The summed E-state index contributed by atoms with van der Waals surface area (Å²) in [6.45, 7) is 4.91. The number of nitrogen functional groups attached to an aromatic ring is 1. The van der Waals surface area contributed by atoms with Gasteiger partial charge in [0, 0.05) is 11.4 Å². The Balaban J connectivity index is 2.04. The molecule has 0 aliphatic rings. The number of anilines is 1. The lowest BCUT2D eigenvalue weighted by molar-refractivity contribution is 0.468. The largest absolute Gasteiger partial charge is 0.435 e. The molecule has 110 valence electrons. The lowest BCUT2D eigenvalue weighted by Crippen LogP contribution is -2.10. The molecule has 3 aromatic rings. The van der Waals surface area contributed by atoms with Crippen molar-refractivity contribution < 1.29 is 4.74 Å². The monoisotopic (exact) mass is 304 g/mol. The normalized spacial score (nSPS) is 11.0. The number of fused-ring (bicyclic) bond motifs is 1. The molecule has 0 fully saturated rings. The molecule has 7 nitrogen and oxygen atoms in total. The van der Waals surface area contributed by atoms with Crippen LogP contribution in [0, 0.1) is 0 Å². The van der Waals surface area contributed by atoms with Crippen LogP contribution in [0.25, 0.3) is 10.2 Å². The molecule has 8 heteroatoms. The summed E-state index contributed by atoms with van der Waals surface area (Å²) in [4.78, 5) is 10.7. The van der Waals surface area contributed by atoms with Gasteiger partial charge in [-0.1, -0.05) is 6.92 Å². The minimum absolute atomic E-state index is 0.338. The standard InChI is InChI=1S/C13H16N6OS/c1-3-9-5-10-11(16-13(18-14)17-12(10)21-9)20-8-6-15-19(4-2)7-8/h5-7H,3-4,14H2,1-2H3,(H,16,17,18). The molecule has 0 aromatic carbocycles. The van der Waals surface area contributed by atoms with Crippen LogP contribution in [-0.2, 0) is 13.0 Å². The number of hydrogen-bond acceptors (Lipinski definition) is 7. The molecule has 0 radical (unpaired) electrons. The zero-order valence-electron chi connectivity index (χ0n) is 11.8. The number of hydrogen-bond donors (Lipinski definition) is 2. The predicted molar refractivity (Wildman–Crippen MR) is 82.6 cm³/mol. The van der Waals surface area contributed by atoms with Gasteiger partial charge in [0.15, 0.2) is 5.75 Å². The van der Waals surface area contributed by atoms with Crippen LogP contribution in [0.1, 0.15) is 18.7 Å². The fourth-order valence-electron chi connectivity index (χ4n) is 1.94. The number of aromatic nitrogens is 4. The maximum Gasteiger partial charge on any atom is 0.241 e. The average Bonchev–Trinajstić information content (AvgIpc) is 3.12. The van der Waals surface area contributed by atoms with Crippen LogP contribution in [0.2, 0.25) is 0 Å². The molecule has 0 bridgehead atoms. The summed E-state index contributed by atoms with van der Waals surface area (Å²) in [5.74, 6) is 6.89. The molecular formula is C13H16N6OS. The number of rotatable bonds is 5. The van der Waals surface area contributed by atoms with Crippen molar-refractivity contribution >= 4 is 27.5 Å². The zero-order valence-corrected chi connectivity index (χ0v) is 12.6. The van der Waals surface area contributed by atoms with Crippen molar-refractivity contribution in [3.63, 3.8) is 0 Å². The van der Waals surface area contributed by atoms with E-state index in [-0.39, 0.29) is 0 Å². The molecule has 21 heavy (non-hydrogen) atoms. The first-order valence-corrected chi connectivity index (χ1v) is 7.52. The third-order valence-electron chi connectivity index (χ3n) is 3.03. The van der Waals surface area contributed by atoms with Crippen LogP contribution in [0.4, 0.5) is 5.95 Å². The molecule has 0 atom stereocenters. The Morgan fingerprint density at radius 3 is 2.90 bits per heavy atom. The van der Waals surface area contributed by atoms with E-state index in [9.17, 15) is 0 Å². The molecular weight excluding hydrogens is 288 g/mol. The summed E-state index contributed by atoms with van der Waals surface area (Å²) < 4.78 is 7.64. The van der Waals surface area contributed by atoms with Gasteiger partial charge in [-0.15, -0.1) is 11.3 Å². The number of ether oxygens (including phenoxy) is 1. The van der Waals surface area contributed by atoms with Gasteiger partial charge in [-0.3, -0.25) is 10.1 Å². The highest BCUT2D eigenvalue weighted by molar-refractivity contribution is 7.18. The van der Waals surface area contributed by atoms with E-state index in [1.54, 1.807) is 22.2 Å². The highest BCUT2D eigenvalue weighted by Gasteiger charge is 2.13. The summed E-state index contributed by atoms with van der Waals surface area (Å²) >= 11 is 1.61. The smallest absolute Gasteiger partial charge is 0.241 e. The Bertz CT molecular complexity index is 765. The molecule has 3 rings (SSSR count). The fourth-order valence-corrected chi connectivity index (χ4v) is 2.90. The van der Waals surface area contributed by atoms with Crippen molar-refractivity contribution in [2.45, 2.75) is 26.8 Å². The van der Waals surface area contributed by atoms with E-state index in [0.717, 1.165) is 23.2 Å². The highest BCUT2D eigenvalue weighted by atomic mass is 32.1. The second kappa shape index (κ2) is 5.66. The molecule has 0 saturated carbocycles. The molecule has 3 N–H and O–H groups in total. The second-order valence-electron chi connectivity index (χ2n) is 4.42. The van der Waals surface area contributed by atoms with Crippen molar-refractivity contribution in [3.8, 4) is 11.6 Å². The SMILES string of the molecule is CCc1cc2c(Oc3cnn(CC)c3)nc(NN)nc2s1. The van der Waals surface area contributed by atoms with E-state index in [1.165, 1.54) is 4.88 Å². The summed E-state index contributed by atoms with van der Waals surface area (Å²) in [5.41, 5.74) is 2.47. The van der Waals surface area contributed by atoms with Crippen molar-refractivity contribution in [2.75, 3.05) is 5.43 Å². The third-order valence-corrected chi connectivity index (χ3v) is 4.21. The number of aryl methyl sites for hydroxylation is 2. The van der Waals surface area contributed by atoms with Crippen molar-refractivity contribution in [3.05, 3.63) is 23.3 Å².